The van der Waals surface area contributed by atoms with Crippen molar-refractivity contribution >= 4 is 0 Å². The van der Waals surface area contributed by atoms with E-state index >= 15 is 0 Å². The molecular weight excluding hydrogens is 154 g/mol. The summed E-state index contributed by atoms with van der Waals surface area (Å²) in [7, 11) is 0. The van der Waals surface area contributed by atoms with Crippen molar-refractivity contribution in [3.05, 3.63) is 0 Å². The lowest BCUT2D eigenvalue weighted by Crippen LogP contribution is -2.43. The molecule has 0 aromatic rings. The van der Waals surface area contributed by atoms with Crippen molar-refractivity contribution in [1.29, 1.82) is 0 Å². The molecule has 2 aliphatic rings. The normalized spacial score (nSPS) is 34.2. The molecule has 2 saturated heterocycles. The van der Waals surface area contributed by atoms with Crippen LogP contribution >= 0.6 is 0 Å². The van der Waals surface area contributed by atoms with Gasteiger partial charge in [0.25, 0.3) is 0 Å². The second kappa shape index (κ2) is 3.73. The van der Waals surface area contributed by atoms with Crippen LogP contribution in [-0.2, 0) is 4.74 Å². The van der Waals surface area contributed by atoms with Crippen molar-refractivity contribution in [2.24, 2.45) is 0 Å². The van der Waals surface area contributed by atoms with Gasteiger partial charge >= 0.3 is 0 Å². The lowest BCUT2D eigenvalue weighted by molar-refractivity contribution is 0.0558. The Bertz CT molecular complexity index is 137. The molecule has 0 spiro atoms. The highest BCUT2D eigenvalue weighted by atomic mass is 16.5. The summed E-state index contributed by atoms with van der Waals surface area (Å²) in [5.41, 5.74) is 0. The zero-order valence-corrected chi connectivity index (χ0v) is 7.41. The fourth-order valence-electron chi connectivity index (χ4n) is 2.06. The summed E-state index contributed by atoms with van der Waals surface area (Å²) < 4.78 is 5.33. The Balaban J connectivity index is 1.80. The second-order valence-corrected chi connectivity index (χ2v) is 3.78. The smallest absolute Gasteiger partial charge is 0.0622 e. The lowest BCUT2D eigenvalue weighted by atomic mass is 10.1. The molecule has 3 nitrogen and oxygen atoms in total. The zero-order valence-electron chi connectivity index (χ0n) is 7.41. The van der Waals surface area contributed by atoms with Crippen LogP contribution < -0.4 is 0 Å². The van der Waals surface area contributed by atoms with Gasteiger partial charge in [-0.05, 0) is 19.3 Å². The highest BCUT2D eigenvalue weighted by Gasteiger charge is 2.26. The first kappa shape index (κ1) is 8.48. The molecule has 2 fully saturated rings. The van der Waals surface area contributed by atoms with E-state index in [4.69, 9.17) is 4.74 Å². The molecule has 0 unspecified atom stereocenters. The van der Waals surface area contributed by atoms with Crippen LogP contribution in [0.4, 0.5) is 0 Å². The van der Waals surface area contributed by atoms with Crippen molar-refractivity contribution in [3.63, 3.8) is 0 Å². The molecule has 0 aliphatic carbocycles. The van der Waals surface area contributed by atoms with E-state index in [1.165, 1.54) is 6.42 Å². The van der Waals surface area contributed by atoms with Crippen LogP contribution in [0.1, 0.15) is 19.3 Å². The first-order valence-electron chi connectivity index (χ1n) is 4.86. The summed E-state index contributed by atoms with van der Waals surface area (Å²) in [6.07, 6.45) is 3.01. The zero-order chi connectivity index (χ0) is 8.39. The van der Waals surface area contributed by atoms with Gasteiger partial charge in [-0.3, -0.25) is 4.90 Å². The van der Waals surface area contributed by atoms with Gasteiger partial charge in [0.15, 0.2) is 0 Å². The third-order valence-electron chi connectivity index (χ3n) is 2.92. The average molecular weight is 171 g/mol. The van der Waals surface area contributed by atoms with E-state index in [-0.39, 0.29) is 6.10 Å². The predicted molar refractivity (Wildman–Crippen MR) is 46.0 cm³/mol. The summed E-state index contributed by atoms with van der Waals surface area (Å²) >= 11 is 0. The van der Waals surface area contributed by atoms with E-state index < -0.39 is 0 Å². The first-order chi connectivity index (χ1) is 5.86. The van der Waals surface area contributed by atoms with E-state index in [0.717, 1.165) is 39.1 Å². The molecule has 3 heteroatoms. The Kier molecular flexibility index (Phi) is 2.63. The van der Waals surface area contributed by atoms with Gasteiger partial charge in [0.1, 0.15) is 0 Å². The minimum absolute atomic E-state index is 0.0522. The van der Waals surface area contributed by atoms with Crippen LogP contribution in [0.15, 0.2) is 0 Å². The maximum atomic E-state index is 9.31. The number of likely N-dealkylation sites (tertiary alicyclic amines) is 1. The molecule has 0 aromatic heterocycles. The van der Waals surface area contributed by atoms with Crippen molar-refractivity contribution in [2.75, 3.05) is 26.3 Å². The maximum Gasteiger partial charge on any atom is 0.0622 e. The molecular formula is C9H17NO2. The Morgan fingerprint density at radius 3 is 2.50 bits per heavy atom. The molecule has 0 bridgehead atoms. The summed E-state index contributed by atoms with van der Waals surface area (Å²) in [6.45, 7) is 3.92. The quantitative estimate of drug-likeness (QED) is 0.613. The third kappa shape index (κ3) is 1.79. The van der Waals surface area contributed by atoms with Crippen molar-refractivity contribution in [3.8, 4) is 0 Å². The molecule has 1 atom stereocenters. The summed E-state index contributed by atoms with van der Waals surface area (Å²) in [5.74, 6) is 0. The van der Waals surface area contributed by atoms with Crippen LogP contribution in [0.2, 0.25) is 0 Å². The molecule has 2 rings (SSSR count). The number of aliphatic hydroxyl groups excluding tert-OH is 1. The molecule has 70 valence electrons. The summed E-state index contributed by atoms with van der Waals surface area (Å²) in [4.78, 5) is 2.46. The van der Waals surface area contributed by atoms with E-state index in [1.807, 2.05) is 0 Å². The number of rotatable bonds is 1. The van der Waals surface area contributed by atoms with Gasteiger partial charge in [-0.2, -0.15) is 0 Å². The van der Waals surface area contributed by atoms with Gasteiger partial charge in [-0.1, -0.05) is 0 Å². The maximum absolute atomic E-state index is 9.31. The van der Waals surface area contributed by atoms with Gasteiger partial charge in [-0.15, -0.1) is 0 Å². The van der Waals surface area contributed by atoms with Gasteiger partial charge in [0, 0.05) is 25.7 Å². The predicted octanol–water partition coefficient (Wildman–Crippen LogP) is 0.232. The van der Waals surface area contributed by atoms with Crippen LogP contribution in [0.3, 0.4) is 0 Å². The fraction of sp³-hybridized carbons (Fsp3) is 1.00. The number of aliphatic hydroxyl groups is 1. The van der Waals surface area contributed by atoms with Crippen LogP contribution in [0, 0.1) is 0 Å². The van der Waals surface area contributed by atoms with E-state index in [0.29, 0.717) is 6.04 Å². The van der Waals surface area contributed by atoms with Gasteiger partial charge in [0.2, 0.25) is 0 Å². The highest BCUT2D eigenvalue weighted by Crippen LogP contribution is 2.18. The minimum atomic E-state index is -0.0522. The fourth-order valence-corrected chi connectivity index (χ4v) is 2.06. The topological polar surface area (TPSA) is 32.7 Å². The summed E-state index contributed by atoms with van der Waals surface area (Å²) in [5, 5.41) is 9.31. The molecule has 1 N–H and O–H groups in total. The van der Waals surface area contributed by atoms with Crippen LogP contribution in [0.5, 0.6) is 0 Å². The van der Waals surface area contributed by atoms with Gasteiger partial charge in [-0.25, -0.2) is 0 Å². The van der Waals surface area contributed by atoms with E-state index in [9.17, 15) is 5.11 Å². The highest BCUT2D eigenvalue weighted by molar-refractivity contribution is 4.80. The summed E-state index contributed by atoms with van der Waals surface area (Å²) in [6, 6.07) is 0.637. The second-order valence-electron chi connectivity index (χ2n) is 3.78. The standard InChI is InChI=1S/C9H17NO2/c11-9-1-4-10(5-2-9)8-3-6-12-7-8/h8-9,11H,1-7H2/t8-/m0/s1. The molecule has 0 amide bonds. The van der Waals surface area contributed by atoms with Gasteiger partial charge < -0.3 is 9.84 Å². The molecule has 0 aromatic carbocycles. The number of ether oxygens (including phenoxy) is 1. The first-order valence-corrected chi connectivity index (χ1v) is 4.86. The SMILES string of the molecule is OC1CCN([C@H]2CCOC2)CC1. The number of piperidine rings is 1. The molecule has 2 heterocycles. The Morgan fingerprint density at radius 1 is 1.17 bits per heavy atom. The van der Waals surface area contributed by atoms with Crippen LogP contribution in [0.25, 0.3) is 0 Å². The minimum Gasteiger partial charge on any atom is -0.393 e. The monoisotopic (exact) mass is 171 g/mol. The number of hydrogen-bond donors (Lipinski definition) is 1. The van der Waals surface area contributed by atoms with E-state index in [1.54, 1.807) is 0 Å². The number of hydrogen-bond acceptors (Lipinski definition) is 3. The van der Waals surface area contributed by atoms with Gasteiger partial charge in [0.05, 0.1) is 12.7 Å². The Labute approximate surface area is 73.3 Å². The third-order valence-corrected chi connectivity index (χ3v) is 2.92. The van der Waals surface area contributed by atoms with Crippen molar-refractivity contribution in [2.45, 2.75) is 31.4 Å². The Morgan fingerprint density at radius 2 is 1.92 bits per heavy atom. The molecule has 0 radical (unpaired) electrons. The molecule has 2 aliphatic heterocycles. The van der Waals surface area contributed by atoms with Crippen molar-refractivity contribution in [1.82, 2.24) is 4.90 Å². The molecule has 0 saturated carbocycles. The lowest BCUT2D eigenvalue weighted by Gasteiger charge is -2.33. The molecule has 12 heavy (non-hydrogen) atoms. The largest absolute Gasteiger partial charge is 0.393 e. The Hall–Kier alpha value is -0.120. The van der Waals surface area contributed by atoms with E-state index in [2.05, 4.69) is 4.90 Å². The average Bonchev–Trinajstić information content (AvgIpc) is 2.58. The number of nitrogens with zero attached hydrogens (tertiary/aromatic N) is 1. The van der Waals surface area contributed by atoms with Crippen molar-refractivity contribution < 1.29 is 9.84 Å². The van der Waals surface area contributed by atoms with Crippen LogP contribution in [-0.4, -0.2) is 48.5 Å².